The molecule has 0 N–H and O–H groups in total. The maximum absolute atomic E-state index is 12.8. The average Bonchev–Trinajstić information content (AvgIpc) is 3.30. The van der Waals surface area contributed by atoms with Gasteiger partial charge < -0.3 is 14.2 Å². The molecule has 0 radical (unpaired) electrons. The number of allylic oxidation sites excluding steroid dienone is 8. The summed E-state index contributed by atoms with van der Waals surface area (Å²) in [6.07, 6.45) is 65.2. The lowest BCUT2D eigenvalue weighted by molar-refractivity contribution is -0.167. The van der Waals surface area contributed by atoms with Crippen LogP contribution in [0.2, 0.25) is 0 Å². The standard InChI is InChI=1S/C59H106O6/c1-4-7-10-13-16-19-22-25-28-30-32-34-37-40-43-46-49-52-58(61)64-55-56(54-63-57(60)51-48-45-42-39-36-33-27-24-21-18-15-12-9-6-3)65-59(62)53-50-47-44-41-38-35-31-29-26-23-20-17-14-11-8-5-2/h15-16,18-19,24-25,27-28,56H,4-14,17,20-23,26,29-55H2,1-3H3/b18-15-,19-16-,27-24-,28-25-/t56-/m1/s1. The SMILES string of the molecule is CCCC/C=C\C/C=C\CCCCCCCC(=O)OC[C@H](COC(=O)CCCCCCCCC/C=C\C/C=C\CCCCC)OC(=O)CCCCCCCCCCCCCCCCCC. The highest BCUT2D eigenvalue weighted by atomic mass is 16.6. The van der Waals surface area contributed by atoms with Crippen LogP contribution < -0.4 is 0 Å². The average molecular weight is 911 g/mol. The minimum absolute atomic E-state index is 0.0793. The van der Waals surface area contributed by atoms with Gasteiger partial charge in [0.1, 0.15) is 13.2 Å². The van der Waals surface area contributed by atoms with Crippen LogP contribution in [0.15, 0.2) is 48.6 Å². The Balaban J connectivity index is 4.38. The summed E-state index contributed by atoms with van der Waals surface area (Å²) in [4.78, 5) is 38.1. The molecule has 0 aromatic rings. The second-order valence-corrected chi connectivity index (χ2v) is 18.8. The molecule has 0 spiro atoms. The number of carbonyl (C=O) groups is 3. The van der Waals surface area contributed by atoms with Gasteiger partial charge in [-0.2, -0.15) is 0 Å². The fourth-order valence-electron chi connectivity index (χ4n) is 8.02. The van der Waals surface area contributed by atoms with Gasteiger partial charge in [0.25, 0.3) is 0 Å². The van der Waals surface area contributed by atoms with E-state index < -0.39 is 6.10 Å². The van der Waals surface area contributed by atoms with Crippen LogP contribution in [0.25, 0.3) is 0 Å². The van der Waals surface area contributed by atoms with Crippen LogP contribution in [0.5, 0.6) is 0 Å². The molecular weight excluding hydrogens is 805 g/mol. The maximum Gasteiger partial charge on any atom is 0.306 e. The molecule has 0 saturated carbocycles. The lowest BCUT2D eigenvalue weighted by atomic mass is 10.0. The molecule has 6 heteroatoms. The summed E-state index contributed by atoms with van der Waals surface area (Å²) >= 11 is 0. The van der Waals surface area contributed by atoms with Crippen LogP contribution in [0.3, 0.4) is 0 Å². The molecule has 6 nitrogen and oxygen atoms in total. The van der Waals surface area contributed by atoms with Crippen LogP contribution in [-0.4, -0.2) is 37.2 Å². The number of esters is 3. The first-order chi connectivity index (χ1) is 32.0. The van der Waals surface area contributed by atoms with Crippen LogP contribution >= 0.6 is 0 Å². The van der Waals surface area contributed by atoms with E-state index in [2.05, 4.69) is 69.4 Å². The fraction of sp³-hybridized carbons (Fsp3) is 0.814. The molecule has 0 amide bonds. The number of hydrogen-bond acceptors (Lipinski definition) is 6. The highest BCUT2D eigenvalue weighted by molar-refractivity contribution is 5.71. The Morgan fingerprint density at radius 3 is 0.923 bits per heavy atom. The number of carbonyl (C=O) groups excluding carboxylic acids is 3. The molecule has 0 aliphatic carbocycles. The van der Waals surface area contributed by atoms with Gasteiger partial charge in [-0.3, -0.25) is 14.4 Å². The summed E-state index contributed by atoms with van der Waals surface area (Å²) in [6.45, 7) is 6.59. The molecule has 378 valence electrons. The summed E-state index contributed by atoms with van der Waals surface area (Å²) in [6, 6.07) is 0. The van der Waals surface area contributed by atoms with Gasteiger partial charge in [-0.25, -0.2) is 0 Å². The van der Waals surface area contributed by atoms with Gasteiger partial charge in [-0.1, -0.05) is 243 Å². The first-order valence-corrected chi connectivity index (χ1v) is 28.1. The highest BCUT2D eigenvalue weighted by Gasteiger charge is 2.19. The molecule has 0 aliphatic rings. The van der Waals surface area contributed by atoms with Gasteiger partial charge >= 0.3 is 17.9 Å². The second kappa shape index (κ2) is 54.0. The number of rotatable bonds is 51. The van der Waals surface area contributed by atoms with E-state index in [1.165, 1.54) is 161 Å². The minimum atomic E-state index is -0.779. The predicted molar refractivity (Wildman–Crippen MR) is 279 cm³/mol. The number of unbranched alkanes of at least 4 members (excludes halogenated alkanes) is 32. The Morgan fingerprint density at radius 1 is 0.308 bits per heavy atom. The van der Waals surface area contributed by atoms with E-state index in [4.69, 9.17) is 14.2 Å². The minimum Gasteiger partial charge on any atom is -0.462 e. The van der Waals surface area contributed by atoms with Crippen molar-refractivity contribution in [1.82, 2.24) is 0 Å². The van der Waals surface area contributed by atoms with Crippen LogP contribution in [-0.2, 0) is 28.6 Å². The smallest absolute Gasteiger partial charge is 0.306 e. The second-order valence-electron chi connectivity index (χ2n) is 18.8. The first-order valence-electron chi connectivity index (χ1n) is 28.1. The Hall–Kier alpha value is -2.63. The van der Waals surface area contributed by atoms with Crippen molar-refractivity contribution in [3.63, 3.8) is 0 Å². The molecule has 0 unspecified atom stereocenters. The molecule has 65 heavy (non-hydrogen) atoms. The largest absolute Gasteiger partial charge is 0.462 e. The molecule has 0 aliphatic heterocycles. The molecule has 0 fully saturated rings. The summed E-state index contributed by atoms with van der Waals surface area (Å²) in [5, 5.41) is 0. The summed E-state index contributed by atoms with van der Waals surface area (Å²) in [5.74, 6) is -0.887. The summed E-state index contributed by atoms with van der Waals surface area (Å²) in [7, 11) is 0. The highest BCUT2D eigenvalue weighted by Crippen LogP contribution is 2.16. The lowest BCUT2D eigenvalue weighted by Gasteiger charge is -2.18. The molecule has 0 aromatic heterocycles. The van der Waals surface area contributed by atoms with E-state index in [1.807, 2.05) is 0 Å². The van der Waals surface area contributed by atoms with Crippen molar-refractivity contribution in [3.8, 4) is 0 Å². The molecule has 0 heterocycles. The van der Waals surface area contributed by atoms with Gasteiger partial charge in [-0.05, 0) is 77.0 Å². The quantitative estimate of drug-likeness (QED) is 0.0262. The van der Waals surface area contributed by atoms with Gasteiger partial charge in [0, 0.05) is 19.3 Å². The molecule has 1 atom stereocenters. The van der Waals surface area contributed by atoms with Crippen molar-refractivity contribution in [3.05, 3.63) is 48.6 Å². The Labute approximate surface area is 403 Å². The van der Waals surface area contributed by atoms with Crippen molar-refractivity contribution >= 4 is 17.9 Å². The zero-order valence-electron chi connectivity index (χ0n) is 43.3. The third-order valence-corrected chi connectivity index (χ3v) is 12.3. The van der Waals surface area contributed by atoms with E-state index >= 15 is 0 Å². The molecule has 0 rings (SSSR count). The van der Waals surface area contributed by atoms with Gasteiger partial charge in [-0.15, -0.1) is 0 Å². The van der Waals surface area contributed by atoms with Gasteiger partial charge in [0.2, 0.25) is 0 Å². The topological polar surface area (TPSA) is 78.9 Å². The fourth-order valence-corrected chi connectivity index (χ4v) is 8.02. The molecule has 0 saturated heterocycles. The Bertz CT molecular complexity index is 1140. The number of hydrogen-bond donors (Lipinski definition) is 0. The van der Waals surface area contributed by atoms with Gasteiger partial charge in [0.15, 0.2) is 6.10 Å². The zero-order valence-corrected chi connectivity index (χ0v) is 43.3. The van der Waals surface area contributed by atoms with Crippen molar-refractivity contribution < 1.29 is 28.6 Å². The normalized spacial score (nSPS) is 12.4. The van der Waals surface area contributed by atoms with Crippen molar-refractivity contribution in [2.24, 2.45) is 0 Å². The van der Waals surface area contributed by atoms with E-state index in [0.29, 0.717) is 19.3 Å². The maximum atomic E-state index is 12.8. The summed E-state index contributed by atoms with van der Waals surface area (Å²) in [5.41, 5.74) is 0. The molecule has 0 bridgehead atoms. The third-order valence-electron chi connectivity index (χ3n) is 12.3. The lowest BCUT2D eigenvalue weighted by Crippen LogP contribution is -2.30. The van der Waals surface area contributed by atoms with Crippen molar-refractivity contribution in [1.29, 1.82) is 0 Å². The molecule has 0 aromatic carbocycles. The predicted octanol–water partition coefficient (Wildman–Crippen LogP) is 18.7. The van der Waals surface area contributed by atoms with E-state index in [1.54, 1.807) is 0 Å². The Morgan fingerprint density at radius 2 is 0.569 bits per heavy atom. The Kier molecular flexibility index (Phi) is 51.8. The number of ether oxygens (including phenoxy) is 3. The first kappa shape index (κ1) is 62.4. The van der Waals surface area contributed by atoms with Crippen molar-refractivity contribution in [2.75, 3.05) is 13.2 Å². The monoisotopic (exact) mass is 911 g/mol. The third kappa shape index (κ3) is 52.2. The van der Waals surface area contributed by atoms with Gasteiger partial charge in [0.05, 0.1) is 0 Å². The van der Waals surface area contributed by atoms with Crippen LogP contribution in [0.4, 0.5) is 0 Å². The van der Waals surface area contributed by atoms with E-state index in [0.717, 1.165) is 89.9 Å². The van der Waals surface area contributed by atoms with Crippen LogP contribution in [0.1, 0.15) is 290 Å². The molecular formula is C59H106O6. The van der Waals surface area contributed by atoms with E-state index in [-0.39, 0.29) is 31.1 Å². The zero-order chi connectivity index (χ0) is 47.2. The summed E-state index contributed by atoms with van der Waals surface area (Å²) < 4.78 is 16.8. The van der Waals surface area contributed by atoms with Crippen molar-refractivity contribution in [2.45, 2.75) is 297 Å². The van der Waals surface area contributed by atoms with E-state index in [9.17, 15) is 14.4 Å². The van der Waals surface area contributed by atoms with Crippen LogP contribution in [0, 0.1) is 0 Å².